The van der Waals surface area contributed by atoms with E-state index in [9.17, 15) is 14.0 Å². The van der Waals surface area contributed by atoms with Crippen LogP contribution in [0.2, 0.25) is 0 Å². The molecule has 8 nitrogen and oxygen atoms in total. The average Bonchev–Trinajstić information content (AvgIpc) is 2.96. The molecule has 1 fully saturated rings. The summed E-state index contributed by atoms with van der Waals surface area (Å²) in [4.78, 5) is 27.3. The molecule has 3 N–H and O–H groups in total. The summed E-state index contributed by atoms with van der Waals surface area (Å²) in [6.45, 7) is 7.95. The number of halogens is 1. The number of nitrogens with zero attached hydrogens (tertiary/aromatic N) is 1. The van der Waals surface area contributed by atoms with Gasteiger partial charge in [0.2, 0.25) is 0 Å². The number of anilines is 2. The number of benzene rings is 3. The molecule has 41 heavy (non-hydrogen) atoms. The molecule has 3 amide bonds. The predicted octanol–water partition coefficient (Wildman–Crippen LogP) is 6.96. The molecule has 0 aliphatic carbocycles. The summed E-state index contributed by atoms with van der Waals surface area (Å²) in [5, 5.41) is 8.34. The van der Waals surface area contributed by atoms with Crippen molar-refractivity contribution in [1.82, 2.24) is 10.2 Å². The van der Waals surface area contributed by atoms with Crippen LogP contribution in [-0.2, 0) is 0 Å². The van der Waals surface area contributed by atoms with Crippen LogP contribution in [0.1, 0.15) is 55.5 Å². The van der Waals surface area contributed by atoms with E-state index < -0.39 is 11.7 Å². The maximum atomic E-state index is 14.9. The molecule has 3 aromatic rings. The molecule has 9 heteroatoms. The van der Waals surface area contributed by atoms with Gasteiger partial charge in [-0.2, -0.15) is 0 Å². The first-order valence-corrected chi connectivity index (χ1v) is 14.2. The van der Waals surface area contributed by atoms with Gasteiger partial charge in [-0.15, -0.1) is 0 Å². The molecule has 0 aromatic heterocycles. The number of nitrogens with one attached hydrogen (secondary N) is 3. The van der Waals surface area contributed by atoms with Crippen LogP contribution in [-0.4, -0.2) is 49.1 Å². The molecule has 0 bridgehead atoms. The number of aryl methyl sites for hydroxylation is 1. The van der Waals surface area contributed by atoms with Gasteiger partial charge >= 0.3 is 6.03 Å². The van der Waals surface area contributed by atoms with Crippen LogP contribution in [0.5, 0.6) is 17.2 Å². The van der Waals surface area contributed by atoms with Crippen molar-refractivity contribution in [3.63, 3.8) is 0 Å². The van der Waals surface area contributed by atoms with E-state index in [1.165, 1.54) is 12.1 Å². The molecule has 0 saturated carbocycles. The molecule has 1 saturated heterocycles. The summed E-state index contributed by atoms with van der Waals surface area (Å²) in [5.41, 5.74) is 1.94. The lowest BCUT2D eigenvalue weighted by Gasteiger charge is -2.29. The lowest BCUT2D eigenvalue weighted by atomic mass is 10.1. The minimum absolute atomic E-state index is 0.0506. The Balaban J connectivity index is 1.31. The number of likely N-dealkylation sites (tertiary alicyclic amines) is 1. The van der Waals surface area contributed by atoms with Gasteiger partial charge in [0, 0.05) is 36.4 Å². The summed E-state index contributed by atoms with van der Waals surface area (Å²) in [5.74, 6) is 0.482. The molecule has 1 aliphatic rings. The van der Waals surface area contributed by atoms with Crippen molar-refractivity contribution in [3.05, 3.63) is 77.6 Å². The lowest BCUT2D eigenvalue weighted by molar-refractivity contribution is 0.102. The zero-order valence-electron chi connectivity index (χ0n) is 24.1. The summed E-state index contributed by atoms with van der Waals surface area (Å²) >= 11 is 0. The first-order valence-electron chi connectivity index (χ1n) is 14.2. The molecule has 218 valence electrons. The second-order valence-electron chi connectivity index (χ2n) is 10.4. The predicted molar refractivity (Wildman–Crippen MR) is 160 cm³/mol. The number of rotatable bonds is 10. The van der Waals surface area contributed by atoms with Crippen LogP contribution >= 0.6 is 0 Å². The van der Waals surface area contributed by atoms with E-state index in [0.29, 0.717) is 17.0 Å². The second kappa shape index (κ2) is 14.0. The van der Waals surface area contributed by atoms with Gasteiger partial charge in [-0.1, -0.05) is 13.8 Å². The van der Waals surface area contributed by atoms with Gasteiger partial charge in [-0.3, -0.25) is 4.79 Å². The number of carbonyl (C=O) groups excluding carboxylic acids is 2. The largest absolute Gasteiger partial charge is 0.490 e. The molecule has 0 spiro atoms. The Morgan fingerprint density at radius 3 is 2.27 bits per heavy atom. The molecule has 0 radical (unpaired) electrons. The van der Waals surface area contributed by atoms with Crippen molar-refractivity contribution in [2.24, 2.45) is 0 Å². The third-order valence-corrected chi connectivity index (χ3v) is 7.25. The van der Waals surface area contributed by atoms with Crippen molar-refractivity contribution in [3.8, 4) is 17.2 Å². The van der Waals surface area contributed by atoms with Crippen LogP contribution in [0.25, 0.3) is 0 Å². The van der Waals surface area contributed by atoms with Crippen molar-refractivity contribution in [2.45, 2.75) is 58.6 Å². The Kier molecular flexibility index (Phi) is 10.2. The highest BCUT2D eigenvalue weighted by molar-refractivity contribution is 6.04. The highest BCUT2D eigenvalue weighted by atomic mass is 19.1. The van der Waals surface area contributed by atoms with Crippen molar-refractivity contribution < 1.29 is 23.5 Å². The van der Waals surface area contributed by atoms with Gasteiger partial charge in [0.25, 0.3) is 5.91 Å². The zero-order chi connectivity index (χ0) is 29.4. The Hall–Kier alpha value is -4.11. The molecule has 1 heterocycles. The van der Waals surface area contributed by atoms with Crippen LogP contribution in [0, 0.1) is 12.7 Å². The third kappa shape index (κ3) is 8.44. The van der Waals surface area contributed by atoms with Crippen LogP contribution in [0.15, 0.2) is 60.7 Å². The molecule has 4 rings (SSSR count). The van der Waals surface area contributed by atoms with Crippen LogP contribution in [0.3, 0.4) is 0 Å². The van der Waals surface area contributed by atoms with Gasteiger partial charge in [0.15, 0.2) is 0 Å². The maximum Gasteiger partial charge on any atom is 0.319 e. The number of urea groups is 1. The van der Waals surface area contributed by atoms with Gasteiger partial charge in [0.05, 0.1) is 5.69 Å². The molecule has 0 atom stereocenters. The molecular weight excluding hydrogens is 523 g/mol. The summed E-state index contributed by atoms with van der Waals surface area (Å²) in [6.07, 6.45) is 3.82. The first kappa shape index (κ1) is 29.9. The van der Waals surface area contributed by atoms with Crippen LogP contribution < -0.4 is 25.4 Å². The van der Waals surface area contributed by atoms with E-state index >= 15 is 0 Å². The fourth-order valence-electron chi connectivity index (χ4n) is 4.65. The maximum absolute atomic E-state index is 14.9. The van der Waals surface area contributed by atoms with Crippen molar-refractivity contribution in [2.75, 3.05) is 30.8 Å². The second-order valence-corrected chi connectivity index (χ2v) is 10.4. The van der Waals surface area contributed by atoms with Gasteiger partial charge in [0.1, 0.15) is 29.2 Å². The van der Waals surface area contributed by atoms with E-state index in [2.05, 4.69) is 27.9 Å². The normalized spacial score (nSPS) is 14.0. The van der Waals surface area contributed by atoms with E-state index in [0.717, 1.165) is 50.1 Å². The van der Waals surface area contributed by atoms with E-state index in [4.69, 9.17) is 9.47 Å². The molecule has 1 aliphatic heterocycles. The number of piperidine rings is 1. The molecule has 3 aromatic carbocycles. The topological polar surface area (TPSA) is 91.9 Å². The quantitative estimate of drug-likeness (QED) is 0.248. The van der Waals surface area contributed by atoms with Gasteiger partial charge in [-0.25, -0.2) is 9.18 Å². The lowest BCUT2D eigenvalue weighted by Crippen LogP contribution is -2.37. The van der Waals surface area contributed by atoms with Gasteiger partial charge < -0.3 is 30.3 Å². The standard InChI is InChI=1S/C32H39FN4O4/c1-5-23(6-2)34-32(39)35-24-8-10-25(11-9-24)40-27-12-13-29(28(33)20-27)36-31(38)22-7-14-30(21(3)19-22)41-26-15-17-37(4)18-16-26/h7-14,19-20,23,26H,5-6,15-18H2,1-4H3,(H,36,38)(H2,34,35,39). The molecule has 0 unspecified atom stereocenters. The van der Waals surface area contributed by atoms with Crippen LogP contribution in [0.4, 0.5) is 20.6 Å². The summed E-state index contributed by atoms with van der Waals surface area (Å²) < 4.78 is 26.8. The summed E-state index contributed by atoms with van der Waals surface area (Å²) in [6, 6.07) is 16.1. The fraction of sp³-hybridized carbons (Fsp3) is 0.375. The minimum atomic E-state index is -0.619. The van der Waals surface area contributed by atoms with Crippen molar-refractivity contribution >= 4 is 23.3 Å². The van der Waals surface area contributed by atoms with E-state index in [1.807, 2.05) is 20.8 Å². The Bertz CT molecular complexity index is 1340. The number of carbonyl (C=O) groups is 2. The highest BCUT2D eigenvalue weighted by Gasteiger charge is 2.19. The van der Waals surface area contributed by atoms with E-state index in [1.54, 1.807) is 48.5 Å². The first-order chi connectivity index (χ1) is 19.7. The number of ether oxygens (including phenoxy) is 2. The average molecular weight is 563 g/mol. The monoisotopic (exact) mass is 562 g/mol. The number of hydrogen-bond donors (Lipinski definition) is 3. The fourth-order valence-corrected chi connectivity index (χ4v) is 4.65. The Morgan fingerprint density at radius 2 is 1.63 bits per heavy atom. The number of hydrogen-bond acceptors (Lipinski definition) is 5. The third-order valence-electron chi connectivity index (χ3n) is 7.25. The van der Waals surface area contributed by atoms with Gasteiger partial charge in [-0.05, 0) is 99.8 Å². The Labute approximate surface area is 241 Å². The van der Waals surface area contributed by atoms with E-state index in [-0.39, 0.29) is 29.6 Å². The molecular formula is C32H39FN4O4. The van der Waals surface area contributed by atoms with Crippen molar-refractivity contribution in [1.29, 1.82) is 0 Å². The number of amides is 3. The SMILES string of the molecule is CCC(CC)NC(=O)Nc1ccc(Oc2ccc(NC(=O)c3ccc(OC4CCN(C)CC4)c(C)c3)c(F)c2)cc1. The highest BCUT2D eigenvalue weighted by Crippen LogP contribution is 2.28. The zero-order valence-corrected chi connectivity index (χ0v) is 24.1. The minimum Gasteiger partial charge on any atom is -0.490 e. The summed E-state index contributed by atoms with van der Waals surface area (Å²) in [7, 11) is 2.11. The smallest absolute Gasteiger partial charge is 0.319 e. The Morgan fingerprint density at radius 1 is 0.951 bits per heavy atom.